The van der Waals surface area contributed by atoms with E-state index in [0.29, 0.717) is 0 Å². The lowest BCUT2D eigenvalue weighted by molar-refractivity contribution is 0.0686. The first-order valence-corrected chi connectivity index (χ1v) is 20.3. The normalized spacial score (nSPS) is 10.7. The highest BCUT2D eigenvalue weighted by molar-refractivity contribution is 5.88. The van der Waals surface area contributed by atoms with Crippen LogP contribution in [0.5, 0.6) is 0 Å². The van der Waals surface area contributed by atoms with Gasteiger partial charge in [-0.2, -0.15) is 0 Å². The molecule has 278 valence electrons. The van der Waals surface area contributed by atoms with Crippen LogP contribution < -0.4 is 0 Å². The van der Waals surface area contributed by atoms with E-state index < -0.39 is 11.9 Å². The largest absolute Gasteiger partial charge is 0.478 e. The number of hydrogen-bond acceptors (Lipinski definition) is 2. The molecule has 4 heteroatoms. The summed E-state index contributed by atoms with van der Waals surface area (Å²) in [4.78, 5) is 22.7. The molecule has 0 saturated carbocycles. The fourth-order valence-corrected chi connectivity index (χ4v) is 6.61. The van der Waals surface area contributed by atoms with Crippen molar-refractivity contribution in [3.63, 3.8) is 0 Å². The Hall–Kier alpha value is -4.28. The molecule has 0 atom stereocenters. The Morgan fingerprint density at radius 2 is 0.712 bits per heavy atom. The molecule has 0 aliphatic carbocycles. The van der Waals surface area contributed by atoms with Crippen molar-refractivity contribution >= 4 is 11.9 Å². The maximum absolute atomic E-state index is 11.4. The van der Waals surface area contributed by atoms with Crippen LogP contribution in [0.4, 0.5) is 0 Å². The monoisotopic (exact) mass is 702 g/mol. The smallest absolute Gasteiger partial charge is 0.335 e. The number of rotatable bonds is 24. The van der Waals surface area contributed by atoms with Gasteiger partial charge in [0.1, 0.15) is 0 Å². The zero-order valence-corrected chi connectivity index (χ0v) is 32.0. The van der Waals surface area contributed by atoms with Crippen molar-refractivity contribution in [1.82, 2.24) is 0 Å². The van der Waals surface area contributed by atoms with Crippen LogP contribution in [-0.4, -0.2) is 22.2 Å². The summed E-state index contributed by atoms with van der Waals surface area (Å²) in [6.07, 6.45) is 27.5. The van der Waals surface area contributed by atoms with E-state index in [1.165, 1.54) is 127 Å². The van der Waals surface area contributed by atoms with Gasteiger partial charge in [0.25, 0.3) is 0 Å². The van der Waals surface area contributed by atoms with Gasteiger partial charge in [-0.3, -0.25) is 0 Å². The van der Waals surface area contributed by atoms with E-state index in [0.717, 1.165) is 47.9 Å². The van der Waals surface area contributed by atoms with Crippen molar-refractivity contribution in [2.24, 2.45) is 0 Å². The third-order valence-electron chi connectivity index (χ3n) is 9.88. The van der Waals surface area contributed by atoms with Crippen molar-refractivity contribution in [1.29, 1.82) is 0 Å². The van der Waals surface area contributed by atoms with E-state index in [1.807, 2.05) is 0 Å². The van der Waals surface area contributed by atoms with E-state index in [9.17, 15) is 19.8 Å². The molecular formula is C48H62O4. The Balaban J connectivity index is 1.80. The number of hydrogen-bond donors (Lipinski definition) is 2. The molecule has 0 aromatic heterocycles. The van der Waals surface area contributed by atoms with Crippen LogP contribution in [0.3, 0.4) is 0 Å². The molecule has 52 heavy (non-hydrogen) atoms. The Labute approximate surface area is 314 Å². The first-order valence-electron chi connectivity index (χ1n) is 20.3. The van der Waals surface area contributed by atoms with Gasteiger partial charge in [0.15, 0.2) is 0 Å². The van der Waals surface area contributed by atoms with Gasteiger partial charge in [-0.05, 0) is 97.5 Å². The van der Waals surface area contributed by atoms with Crippen LogP contribution >= 0.6 is 0 Å². The van der Waals surface area contributed by atoms with Crippen molar-refractivity contribution in [2.75, 3.05) is 0 Å². The Morgan fingerprint density at radius 1 is 0.423 bits per heavy atom. The molecule has 2 N–H and O–H groups in total. The Kier molecular flexibility index (Phi) is 20.8. The van der Waals surface area contributed by atoms with Crippen LogP contribution in [0.25, 0.3) is 0 Å². The number of carbonyl (C=O) groups is 2. The molecule has 3 rings (SSSR count). The topological polar surface area (TPSA) is 74.6 Å². The number of carboxylic acid groups (broad SMARTS) is 2. The van der Waals surface area contributed by atoms with Gasteiger partial charge >= 0.3 is 11.9 Å². The third-order valence-corrected chi connectivity index (χ3v) is 9.88. The lowest BCUT2D eigenvalue weighted by Crippen LogP contribution is -1.99. The zero-order valence-electron chi connectivity index (χ0n) is 32.0. The number of unbranched alkanes of at least 4 members (excludes halogenated alkanes) is 18. The van der Waals surface area contributed by atoms with E-state index in [4.69, 9.17) is 0 Å². The molecule has 0 amide bonds. The van der Waals surface area contributed by atoms with Crippen molar-refractivity contribution < 1.29 is 19.8 Å². The van der Waals surface area contributed by atoms with Crippen LogP contribution in [0, 0.1) is 23.7 Å². The fraction of sp³-hybridized carbons (Fsp3) is 0.500. The predicted octanol–water partition coefficient (Wildman–Crippen LogP) is 12.8. The average Bonchev–Trinajstić information content (AvgIpc) is 3.15. The second-order valence-electron chi connectivity index (χ2n) is 14.3. The van der Waals surface area contributed by atoms with Gasteiger partial charge in [-0.25, -0.2) is 9.59 Å². The summed E-state index contributed by atoms with van der Waals surface area (Å²) in [5, 5.41) is 18.6. The lowest BCUT2D eigenvalue weighted by atomic mass is 9.92. The number of aromatic carboxylic acids is 2. The second kappa shape index (κ2) is 25.6. The second-order valence-corrected chi connectivity index (χ2v) is 14.3. The molecule has 0 aliphatic heterocycles. The molecule has 3 aromatic rings. The molecule has 3 aromatic carbocycles. The summed E-state index contributed by atoms with van der Waals surface area (Å²) in [6.45, 7) is 4.53. The standard InChI is InChI=1S/C48H62O4/c1-3-5-7-9-11-13-15-17-19-21-23-43-37-46(36-30-40-27-33-42(34-28-40)48(51)52)44(24-22-20-18-16-14-12-10-8-6-4-2)38-45(43)35-29-39-25-31-41(32-26-39)47(49)50/h25-28,31-34,37-38H,3-24H2,1-2H3,(H,49,50)(H,51,52). The van der Waals surface area contributed by atoms with Crippen LogP contribution in [0.1, 0.15) is 196 Å². The summed E-state index contributed by atoms with van der Waals surface area (Å²) in [5.74, 6) is 11.7. The van der Waals surface area contributed by atoms with E-state index in [2.05, 4.69) is 49.7 Å². The molecule has 0 radical (unpaired) electrons. The van der Waals surface area contributed by atoms with Crippen molar-refractivity contribution in [2.45, 2.75) is 155 Å². The molecule has 0 unspecified atom stereocenters. The summed E-state index contributed by atoms with van der Waals surface area (Å²) >= 11 is 0. The third kappa shape index (κ3) is 16.8. The Bertz CT molecular complexity index is 1490. The van der Waals surface area contributed by atoms with Gasteiger partial charge in [0, 0.05) is 22.3 Å². The van der Waals surface area contributed by atoms with Crippen LogP contribution in [-0.2, 0) is 12.8 Å². The first-order chi connectivity index (χ1) is 25.4. The summed E-state index contributed by atoms with van der Waals surface area (Å²) in [6, 6.07) is 18.0. The summed E-state index contributed by atoms with van der Waals surface area (Å²) in [5.41, 5.74) is 6.55. The predicted molar refractivity (Wildman–Crippen MR) is 216 cm³/mol. The minimum Gasteiger partial charge on any atom is -0.478 e. The first kappa shape index (κ1) is 42.1. The minimum atomic E-state index is -0.940. The van der Waals surface area contributed by atoms with Crippen molar-refractivity contribution in [3.05, 3.63) is 105 Å². The average molecular weight is 703 g/mol. The molecule has 0 spiro atoms. The van der Waals surface area contributed by atoms with Crippen LogP contribution in [0.15, 0.2) is 60.7 Å². The van der Waals surface area contributed by atoms with Gasteiger partial charge in [0.05, 0.1) is 11.1 Å². The van der Waals surface area contributed by atoms with E-state index >= 15 is 0 Å². The Morgan fingerprint density at radius 3 is 1.00 bits per heavy atom. The molecular weight excluding hydrogens is 641 g/mol. The maximum atomic E-state index is 11.4. The quantitative estimate of drug-likeness (QED) is 0.0720. The molecule has 4 nitrogen and oxygen atoms in total. The maximum Gasteiger partial charge on any atom is 0.335 e. The zero-order chi connectivity index (χ0) is 37.2. The lowest BCUT2D eigenvalue weighted by Gasteiger charge is -2.12. The van der Waals surface area contributed by atoms with Gasteiger partial charge in [-0.15, -0.1) is 0 Å². The fourth-order valence-electron chi connectivity index (χ4n) is 6.61. The van der Waals surface area contributed by atoms with Crippen molar-refractivity contribution in [3.8, 4) is 23.7 Å². The molecule has 0 saturated heterocycles. The highest BCUT2D eigenvalue weighted by Crippen LogP contribution is 2.23. The summed E-state index contributed by atoms with van der Waals surface area (Å²) < 4.78 is 0. The molecule has 0 bridgehead atoms. The highest BCUT2D eigenvalue weighted by Gasteiger charge is 2.10. The summed E-state index contributed by atoms with van der Waals surface area (Å²) in [7, 11) is 0. The van der Waals surface area contributed by atoms with Gasteiger partial charge < -0.3 is 10.2 Å². The SMILES string of the molecule is CCCCCCCCCCCCc1cc(C#Cc2ccc(C(=O)O)cc2)c(CCCCCCCCCCCC)cc1C#Cc1ccc(C(=O)O)cc1. The van der Waals surface area contributed by atoms with E-state index in [1.54, 1.807) is 48.5 Å². The highest BCUT2D eigenvalue weighted by atomic mass is 16.4. The molecule has 0 fully saturated rings. The van der Waals surface area contributed by atoms with E-state index in [-0.39, 0.29) is 11.1 Å². The number of carboxylic acids is 2. The minimum absolute atomic E-state index is 0.256. The van der Waals surface area contributed by atoms with Crippen LogP contribution in [0.2, 0.25) is 0 Å². The van der Waals surface area contributed by atoms with Gasteiger partial charge in [0.2, 0.25) is 0 Å². The number of benzene rings is 3. The number of aryl methyl sites for hydroxylation is 2. The molecule has 0 aliphatic rings. The van der Waals surface area contributed by atoms with Gasteiger partial charge in [-0.1, -0.05) is 153 Å². The molecule has 0 heterocycles.